The molecule has 0 spiro atoms. The Kier molecular flexibility index (Phi) is 2.34. The number of hydrogen-bond acceptors (Lipinski definition) is 1. The maximum atomic E-state index is 12.5. The van der Waals surface area contributed by atoms with Crippen LogP contribution in [0.5, 0.6) is 0 Å². The van der Waals surface area contributed by atoms with Gasteiger partial charge in [0.2, 0.25) is 0 Å². The molecule has 1 heterocycles. The molecule has 0 amide bonds. The van der Waals surface area contributed by atoms with Crippen molar-refractivity contribution in [2.75, 3.05) is 0 Å². The maximum absolute atomic E-state index is 12.5. The number of Topliss-reactive ketones (excluding diaryl/α,β-unsaturated/α-hetero) is 1. The fraction of sp³-hybridized carbons (Fsp3) is 0.167. The van der Waals surface area contributed by atoms with Gasteiger partial charge in [0.25, 0.3) is 0 Å². The van der Waals surface area contributed by atoms with Gasteiger partial charge in [0.05, 0.1) is 0 Å². The van der Waals surface area contributed by atoms with Gasteiger partial charge in [0, 0.05) is 41.5 Å². The van der Waals surface area contributed by atoms with E-state index in [2.05, 4.69) is 35.9 Å². The first-order valence-corrected chi connectivity index (χ1v) is 6.93. The summed E-state index contributed by atoms with van der Waals surface area (Å²) in [6.07, 6.45) is 0.591. The third-order valence-electron chi connectivity index (χ3n) is 4.35. The number of fused-ring (bicyclic) bond motifs is 3. The number of aromatic nitrogens is 1. The van der Waals surface area contributed by atoms with Crippen molar-refractivity contribution in [2.24, 2.45) is 7.05 Å². The number of benzene rings is 2. The summed E-state index contributed by atoms with van der Waals surface area (Å²) in [5.41, 5.74) is 4.47. The highest BCUT2D eigenvalue weighted by molar-refractivity contribution is 6.12. The van der Waals surface area contributed by atoms with Crippen LogP contribution < -0.4 is 0 Å². The fourth-order valence-electron chi connectivity index (χ4n) is 3.46. The van der Waals surface area contributed by atoms with E-state index < -0.39 is 0 Å². The van der Waals surface area contributed by atoms with E-state index in [9.17, 15) is 4.79 Å². The molecule has 2 aromatic carbocycles. The Balaban J connectivity index is 2.02. The van der Waals surface area contributed by atoms with Crippen LogP contribution in [0.1, 0.15) is 34.0 Å². The van der Waals surface area contributed by atoms with Crippen LogP contribution >= 0.6 is 0 Å². The van der Waals surface area contributed by atoms with Gasteiger partial charge in [-0.05, 0) is 11.6 Å². The number of nitrogens with zero attached hydrogens (tertiary/aromatic N) is 1. The first-order chi connectivity index (χ1) is 9.77. The summed E-state index contributed by atoms with van der Waals surface area (Å²) in [7, 11) is 2.07. The molecule has 0 saturated heterocycles. The SMILES string of the molecule is Cn1c2c(c3ccccc31)C(=O)C[C@@H]2c1ccccc1. The zero-order chi connectivity index (χ0) is 13.7. The second-order valence-corrected chi connectivity index (χ2v) is 5.43. The van der Waals surface area contributed by atoms with Crippen molar-refractivity contribution in [3.63, 3.8) is 0 Å². The van der Waals surface area contributed by atoms with E-state index in [0.717, 1.165) is 16.5 Å². The third-order valence-corrected chi connectivity index (χ3v) is 4.35. The van der Waals surface area contributed by atoms with Crippen molar-refractivity contribution in [3.8, 4) is 0 Å². The van der Waals surface area contributed by atoms with E-state index in [-0.39, 0.29) is 11.7 Å². The van der Waals surface area contributed by atoms with Crippen LogP contribution in [0.3, 0.4) is 0 Å². The van der Waals surface area contributed by atoms with Crippen molar-refractivity contribution in [1.29, 1.82) is 0 Å². The molecule has 0 radical (unpaired) electrons. The molecule has 0 N–H and O–H groups in total. The Bertz CT molecular complexity index is 814. The number of hydrogen-bond donors (Lipinski definition) is 0. The summed E-state index contributed by atoms with van der Waals surface area (Å²) >= 11 is 0. The van der Waals surface area contributed by atoms with E-state index in [4.69, 9.17) is 0 Å². The summed E-state index contributed by atoms with van der Waals surface area (Å²) in [6, 6.07) is 18.5. The summed E-state index contributed by atoms with van der Waals surface area (Å²) in [6.45, 7) is 0. The Labute approximate surface area is 117 Å². The normalized spacial score (nSPS) is 17.6. The number of carbonyl (C=O) groups excluding carboxylic acids is 1. The van der Waals surface area contributed by atoms with E-state index in [0.29, 0.717) is 6.42 Å². The van der Waals surface area contributed by atoms with Crippen LogP contribution in [-0.2, 0) is 7.05 Å². The number of aryl methyl sites for hydroxylation is 1. The molecule has 0 bridgehead atoms. The monoisotopic (exact) mass is 261 g/mol. The Morgan fingerprint density at radius 3 is 2.50 bits per heavy atom. The molecular weight excluding hydrogens is 246 g/mol. The zero-order valence-corrected chi connectivity index (χ0v) is 11.3. The highest BCUT2D eigenvalue weighted by Crippen LogP contribution is 2.42. The van der Waals surface area contributed by atoms with Crippen molar-refractivity contribution in [3.05, 3.63) is 71.4 Å². The van der Waals surface area contributed by atoms with Gasteiger partial charge in [0.1, 0.15) is 0 Å². The van der Waals surface area contributed by atoms with Crippen LogP contribution in [0.15, 0.2) is 54.6 Å². The molecule has 1 atom stereocenters. The molecule has 0 unspecified atom stereocenters. The number of ketones is 1. The van der Waals surface area contributed by atoms with Gasteiger partial charge in [-0.25, -0.2) is 0 Å². The molecule has 1 aliphatic rings. The standard InChI is InChI=1S/C18H15NO/c1-19-15-10-6-5-9-13(15)17-16(20)11-14(18(17)19)12-7-3-2-4-8-12/h2-10,14H,11H2,1H3/t14-/m1/s1. The van der Waals surface area contributed by atoms with E-state index >= 15 is 0 Å². The summed E-state index contributed by atoms with van der Waals surface area (Å²) in [4.78, 5) is 12.5. The maximum Gasteiger partial charge on any atom is 0.166 e. The first kappa shape index (κ1) is 11.5. The lowest BCUT2D eigenvalue weighted by Gasteiger charge is -2.13. The van der Waals surface area contributed by atoms with E-state index in [1.54, 1.807) is 0 Å². The molecule has 20 heavy (non-hydrogen) atoms. The quantitative estimate of drug-likeness (QED) is 0.651. The lowest BCUT2D eigenvalue weighted by molar-refractivity contribution is 0.0993. The summed E-state index contributed by atoms with van der Waals surface area (Å²) in [5.74, 6) is 0.460. The second kappa shape index (κ2) is 4.07. The summed E-state index contributed by atoms with van der Waals surface area (Å²) < 4.78 is 2.19. The van der Waals surface area contributed by atoms with Crippen LogP contribution in [0.25, 0.3) is 10.9 Å². The van der Waals surface area contributed by atoms with Crippen molar-refractivity contribution in [1.82, 2.24) is 4.57 Å². The van der Waals surface area contributed by atoms with Gasteiger partial charge in [-0.3, -0.25) is 4.79 Å². The predicted octanol–water partition coefficient (Wildman–Crippen LogP) is 3.90. The Morgan fingerprint density at radius 2 is 1.70 bits per heavy atom. The smallest absolute Gasteiger partial charge is 0.166 e. The molecule has 4 rings (SSSR count). The first-order valence-electron chi connectivity index (χ1n) is 6.93. The van der Waals surface area contributed by atoms with Crippen LogP contribution in [0.2, 0.25) is 0 Å². The van der Waals surface area contributed by atoms with Crippen LogP contribution in [0.4, 0.5) is 0 Å². The molecule has 1 aliphatic carbocycles. The van der Waals surface area contributed by atoms with Gasteiger partial charge in [-0.1, -0.05) is 48.5 Å². The minimum atomic E-state index is 0.191. The average Bonchev–Trinajstić information content (AvgIpc) is 2.98. The fourth-order valence-corrected chi connectivity index (χ4v) is 3.46. The van der Waals surface area contributed by atoms with Gasteiger partial charge < -0.3 is 4.57 Å². The minimum absolute atomic E-state index is 0.191. The molecular formula is C18H15NO. The second-order valence-electron chi connectivity index (χ2n) is 5.43. The van der Waals surface area contributed by atoms with Crippen LogP contribution in [-0.4, -0.2) is 10.4 Å². The molecule has 2 heteroatoms. The average molecular weight is 261 g/mol. The van der Waals surface area contributed by atoms with Crippen molar-refractivity contribution < 1.29 is 4.79 Å². The minimum Gasteiger partial charge on any atom is -0.346 e. The summed E-state index contributed by atoms with van der Waals surface area (Å²) in [5, 5.41) is 1.09. The number of rotatable bonds is 1. The molecule has 1 aromatic heterocycles. The van der Waals surface area contributed by atoms with E-state index in [1.807, 2.05) is 30.3 Å². The van der Waals surface area contributed by atoms with Gasteiger partial charge in [-0.15, -0.1) is 0 Å². The van der Waals surface area contributed by atoms with Crippen LogP contribution in [0, 0.1) is 0 Å². The van der Waals surface area contributed by atoms with E-state index in [1.165, 1.54) is 11.3 Å². The predicted molar refractivity (Wildman–Crippen MR) is 80.2 cm³/mol. The van der Waals surface area contributed by atoms with Crippen molar-refractivity contribution in [2.45, 2.75) is 12.3 Å². The molecule has 2 nitrogen and oxygen atoms in total. The number of para-hydroxylation sites is 1. The topological polar surface area (TPSA) is 22.0 Å². The Hall–Kier alpha value is -2.35. The molecule has 98 valence electrons. The van der Waals surface area contributed by atoms with Gasteiger partial charge in [0.15, 0.2) is 5.78 Å². The molecule has 0 aliphatic heterocycles. The highest BCUT2D eigenvalue weighted by atomic mass is 16.1. The van der Waals surface area contributed by atoms with Gasteiger partial charge >= 0.3 is 0 Å². The highest BCUT2D eigenvalue weighted by Gasteiger charge is 2.35. The number of carbonyl (C=O) groups is 1. The van der Waals surface area contributed by atoms with Crippen molar-refractivity contribution >= 4 is 16.7 Å². The molecule has 0 saturated carbocycles. The lowest BCUT2D eigenvalue weighted by atomic mass is 9.97. The zero-order valence-electron chi connectivity index (χ0n) is 11.3. The van der Waals surface area contributed by atoms with Gasteiger partial charge in [-0.2, -0.15) is 0 Å². The molecule has 3 aromatic rings. The lowest BCUT2D eigenvalue weighted by Crippen LogP contribution is -2.03. The third kappa shape index (κ3) is 1.42. The molecule has 0 fully saturated rings. The largest absolute Gasteiger partial charge is 0.346 e. The Morgan fingerprint density at radius 1 is 1.00 bits per heavy atom.